The number of carbonyl (C=O) groups is 1. The average Bonchev–Trinajstić information content (AvgIpc) is 2.86. The van der Waals surface area contributed by atoms with Crippen molar-refractivity contribution in [1.82, 2.24) is 4.90 Å². The first-order valence-electron chi connectivity index (χ1n) is 5.89. The van der Waals surface area contributed by atoms with E-state index in [1.807, 2.05) is 37.3 Å². The third kappa shape index (κ3) is 3.09. The molecule has 3 heteroatoms. The van der Waals surface area contributed by atoms with Gasteiger partial charge >= 0.3 is 6.09 Å². The summed E-state index contributed by atoms with van der Waals surface area (Å²) >= 11 is 0. The summed E-state index contributed by atoms with van der Waals surface area (Å²) in [4.78, 5) is 13.5. The predicted octanol–water partition coefficient (Wildman–Crippen LogP) is 2.98. The first kappa shape index (κ1) is 11.7. The minimum Gasteiger partial charge on any atom is -0.445 e. The van der Waals surface area contributed by atoms with Crippen LogP contribution in [-0.4, -0.2) is 24.1 Å². The summed E-state index contributed by atoms with van der Waals surface area (Å²) in [7, 11) is 0. The van der Waals surface area contributed by atoms with Gasteiger partial charge in [-0.05, 0) is 18.9 Å². The number of rotatable bonds is 2. The molecule has 0 unspecified atom stereocenters. The van der Waals surface area contributed by atoms with Gasteiger partial charge in [-0.15, -0.1) is 0 Å². The van der Waals surface area contributed by atoms with Gasteiger partial charge in [-0.1, -0.05) is 42.0 Å². The van der Waals surface area contributed by atoms with E-state index in [0.717, 1.165) is 18.5 Å². The molecule has 0 radical (unpaired) electrons. The van der Waals surface area contributed by atoms with Gasteiger partial charge < -0.3 is 9.64 Å². The Labute approximate surface area is 102 Å². The smallest absolute Gasteiger partial charge is 0.410 e. The van der Waals surface area contributed by atoms with Crippen molar-refractivity contribution in [2.75, 3.05) is 13.1 Å². The fraction of sp³-hybridized carbons (Fsp3) is 0.357. The van der Waals surface area contributed by atoms with Crippen molar-refractivity contribution >= 4 is 6.09 Å². The zero-order chi connectivity index (χ0) is 12.1. The monoisotopic (exact) mass is 231 g/mol. The molecule has 2 rings (SSSR count). The maximum atomic E-state index is 11.8. The molecule has 0 bridgehead atoms. The van der Waals surface area contributed by atoms with Crippen molar-refractivity contribution in [3.8, 4) is 0 Å². The molecule has 0 N–H and O–H groups in total. The van der Waals surface area contributed by atoms with Crippen LogP contribution in [0.5, 0.6) is 0 Å². The Kier molecular flexibility index (Phi) is 3.81. The van der Waals surface area contributed by atoms with Crippen molar-refractivity contribution in [2.45, 2.75) is 20.0 Å². The molecule has 0 spiro atoms. The second-order valence-corrected chi connectivity index (χ2v) is 4.16. The van der Waals surface area contributed by atoms with E-state index in [0.29, 0.717) is 13.2 Å². The standard InChI is InChI=1S/C14H17NO2/c1-2-12-8-9-15(10-12)14(16)17-11-13-6-4-3-5-7-13/h2-7H,8-11H2,1H3/b12-2+. The van der Waals surface area contributed by atoms with Crippen LogP contribution in [0.1, 0.15) is 18.9 Å². The second-order valence-electron chi connectivity index (χ2n) is 4.16. The van der Waals surface area contributed by atoms with E-state index in [1.165, 1.54) is 5.57 Å². The lowest BCUT2D eigenvalue weighted by molar-refractivity contribution is 0.105. The lowest BCUT2D eigenvalue weighted by Gasteiger charge is -2.14. The topological polar surface area (TPSA) is 29.5 Å². The highest BCUT2D eigenvalue weighted by Crippen LogP contribution is 2.16. The minimum atomic E-state index is -0.217. The molecule has 17 heavy (non-hydrogen) atoms. The Bertz CT molecular complexity index is 411. The number of carbonyl (C=O) groups excluding carboxylic acids is 1. The van der Waals surface area contributed by atoms with Crippen LogP contribution in [-0.2, 0) is 11.3 Å². The Hall–Kier alpha value is -1.77. The van der Waals surface area contributed by atoms with E-state index in [1.54, 1.807) is 4.90 Å². The summed E-state index contributed by atoms with van der Waals surface area (Å²) in [5.41, 5.74) is 2.33. The van der Waals surface area contributed by atoms with Crippen LogP contribution in [0, 0.1) is 0 Å². The van der Waals surface area contributed by atoms with Gasteiger partial charge in [0.15, 0.2) is 0 Å². The fourth-order valence-electron chi connectivity index (χ4n) is 1.88. The minimum absolute atomic E-state index is 0.217. The van der Waals surface area contributed by atoms with Crippen LogP contribution >= 0.6 is 0 Å². The maximum Gasteiger partial charge on any atom is 0.410 e. The van der Waals surface area contributed by atoms with Crippen molar-refractivity contribution < 1.29 is 9.53 Å². The van der Waals surface area contributed by atoms with Gasteiger partial charge in [0.25, 0.3) is 0 Å². The Morgan fingerprint density at radius 1 is 1.41 bits per heavy atom. The Balaban J connectivity index is 1.82. The summed E-state index contributed by atoms with van der Waals surface area (Å²) in [6.07, 6.45) is 2.83. The summed E-state index contributed by atoms with van der Waals surface area (Å²) in [5.74, 6) is 0. The number of likely N-dealkylation sites (tertiary alicyclic amines) is 1. The predicted molar refractivity (Wildman–Crippen MR) is 66.6 cm³/mol. The second kappa shape index (κ2) is 5.53. The number of nitrogens with zero attached hydrogens (tertiary/aromatic N) is 1. The van der Waals surface area contributed by atoms with E-state index in [9.17, 15) is 4.79 Å². The first-order chi connectivity index (χ1) is 8.29. The van der Waals surface area contributed by atoms with Crippen molar-refractivity contribution in [3.63, 3.8) is 0 Å². The van der Waals surface area contributed by atoms with E-state index >= 15 is 0 Å². The van der Waals surface area contributed by atoms with Crippen LogP contribution in [0.2, 0.25) is 0 Å². The first-order valence-corrected chi connectivity index (χ1v) is 5.89. The van der Waals surface area contributed by atoms with Gasteiger partial charge in [0.1, 0.15) is 6.61 Å². The van der Waals surface area contributed by atoms with Gasteiger partial charge in [-0.3, -0.25) is 0 Å². The summed E-state index contributed by atoms with van der Waals surface area (Å²) in [6, 6.07) is 9.74. The molecule has 1 aromatic carbocycles. The molecule has 0 saturated carbocycles. The highest BCUT2D eigenvalue weighted by molar-refractivity contribution is 5.68. The van der Waals surface area contributed by atoms with Crippen LogP contribution in [0.25, 0.3) is 0 Å². The zero-order valence-electron chi connectivity index (χ0n) is 10.1. The molecule has 1 aliphatic rings. The molecule has 1 amide bonds. The number of amides is 1. The van der Waals surface area contributed by atoms with E-state index in [-0.39, 0.29) is 6.09 Å². The molecule has 1 aromatic rings. The molecular weight excluding hydrogens is 214 g/mol. The highest BCUT2D eigenvalue weighted by Gasteiger charge is 2.21. The lowest BCUT2D eigenvalue weighted by Crippen LogP contribution is -2.28. The van der Waals surface area contributed by atoms with E-state index in [4.69, 9.17) is 4.74 Å². The van der Waals surface area contributed by atoms with Gasteiger partial charge in [-0.2, -0.15) is 0 Å². The molecule has 0 aliphatic carbocycles. The fourth-order valence-corrected chi connectivity index (χ4v) is 1.88. The van der Waals surface area contributed by atoms with Gasteiger partial charge in [0, 0.05) is 13.1 Å². The zero-order valence-corrected chi connectivity index (χ0v) is 10.1. The van der Waals surface area contributed by atoms with E-state index in [2.05, 4.69) is 6.08 Å². The van der Waals surface area contributed by atoms with Crippen molar-refractivity contribution in [1.29, 1.82) is 0 Å². The van der Waals surface area contributed by atoms with Gasteiger partial charge in [0.2, 0.25) is 0 Å². The third-order valence-corrected chi connectivity index (χ3v) is 2.97. The van der Waals surface area contributed by atoms with Crippen LogP contribution in [0.3, 0.4) is 0 Å². The quantitative estimate of drug-likeness (QED) is 0.732. The van der Waals surface area contributed by atoms with Crippen LogP contribution in [0.15, 0.2) is 42.0 Å². The highest BCUT2D eigenvalue weighted by atomic mass is 16.6. The molecule has 3 nitrogen and oxygen atoms in total. The molecular formula is C14H17NO2. The molecule has 0 atom stereocenters. The normalized spacial score (nSPS) is 17.5. The third-order valence-electron chi connectivity index (χ3n) is 2.97. The van der Waals surface area contributed by atoms with Gasteiger partial charge in [0.05, 0.1) is 0 Å². The van der Waals surface area contributed by atoms with Crippen LogP contribution < -0.4 is 0 Å². The molecule has 0 aromatic heterocycles. The number of benzene rings is 1. The van der Waals surface area contributed by atoms with Crippen LogP contribution in [0.4, 0.5) is 4.79 Å². The Morgan fingerprint density at radius 3 is 2.82 bits per heavy atom. The SMILES string of the molecule is C/C=C1\CCN(C(=O)OCc2ccccc2)C1. The van der Waals surface area contributed by atoms with Crippen molar-refractivity contribution in [3.05, 3.63) is 47.5 Å². The molecule has 1 aliphatic heterocycles. The average molecular weight is 231 g/mol. The number of allylic oxidation sites excluding steroid dienone is 1. The summed E-state index contributed by atoms with van der Waals surface area (Å²) < 4.78 is 5.26. The lowest BCUT2D eigenvalue weighted by atomic mass is 10.2. The molecule has 1 fully saturated rings. The summed E-state index contributed by atoms with van der Waals surface area (Å²) in [5, 5.41) is 0. The number of ether oxygens (including phenoxy) is 1. The molecule has 1 heterocycles. The Morgan fingerprint density at radius 2 is 2.18 bits per heavy atom. The molecule has 90 valence electrons. The largest absolute Gasteiger partial charge is 0.445 e. The summed E-state index contributed by atoms with van der Waals surface area (Å²) in [6.45, 7) is 3.84. The van der Waals surface area contributed by atoms with Crippen molar-refractivity contribution in [2.24, 2.45) is 0 Å². The van der Waals surface area contributed by atoms with Gasteiger partial charge in [-0.25, -0.2) is 4.79 Å². The maximum absolute atomic E-state index is 11.8. The van der Waals surface area contributed by atoms with E-state index < -0.39 is 0 Å². The number of hydrogen-bond donors (Lipinski definition) is 0. The molecule has 1 saturated heterocycles. The number of hydrogen-bond acceptors (Lipinski definition) is 2.